The van der Waals surface area contributed by atoms with E-state index < -0.39 is 5.97 Å². The third-order valence-corrected chi connectivity index (χ3v) is 4.10. The Morgan fingerprint density at radius 3 is 2.52 bits per heavy atom. The molecule has 0 heterocycles. The van der Waals surface area contributed by atoms with E-state index in [0.29, 0.717) is 5.92 Å². The number of aromatic carboxylic acids is 1. The van der Waals surface area contributed by atoms with Crippen LogP contribution in [-0.2, 0) is 0 Å². The molecule has 0 aliphatic heterocycles. The molecule has 1 atom stereocenters. The summed E-state index contributed by atoms with van der Waals surface area (Å²) in [5.41, 5.74) is 2.15. The van der Waals surface area contributed by atoms with Crippen molar-refractivity contribution >= 4 is 23.3 Å². The van der Waals surface area contributed by atoms with Gasteiger partial charge in [-0.3, -0.25) is 0 Å². The van der Waals surface area contributed by atoms with Gasteiger partial charge < -0.3 is 10.4 Å². The Labute approximate surface area is 128 Å². The van der Waals surface area contributed by atoms with E-state index in [1.807, 2.05) is 24.3 Å². The molecule has 2 aromatic carbocycles. The van der Waals surface area contributed by atoms with Gasteiger partial charge in [0.15, 0.2) is 0 Å². The average molecular weight is 302 g/mol. The van der Waals surface area contributed by atoms with Gasteiger partial charge in [0.1, 0.15) is 0 Å². The van der Waals surface area contributed by atoms with Gasteiger partial charge >= 0.3 is 5.97 Å². The molecule has 0 radical (unpaired) electrons. The smallest absolute Gasteiger partial charge is 0.337 e. The molecule has 1 aliphatic carbocycles. The lowest BCUT2D eigenvalue weighted by Crippen LogP contribution is -2.13. The SMILES string of the molecule is O=C(O)c1cc(NC(c2ccccc2)C2CC2)ccc1Cl. The number of carboxylic acids is 1. The second-order valence-electron chi connectivity index (χ2n) is 5.37. The molecule has 0 bridgehead atoms. The molecule has 0 spiro atoms. The second kappa shape index (κ2) is 5.78. The zero-order chi connectivity index (χ0) is 14.8. The number of rotatable bonds is 5. The molecular weight excluding hydrogens is 286 g/mol. The molecule has 0 saturated heterocycles. The molecule has 21 heavy (non-hydrogen) atoms. The van der Waals surface area contributed by atoms with E-state index in [2.05, 4.69) is 17.4 Å². The van der Waals surface area contributed by atoms with Crippen LogP contribution in [0.15, 0.2) is 48.5 Å². The summed E-state index contributed by atoms with van der Waals surface area (Å²) >= 11 is 5.91. The molecule has 3 rings (SSSR count). The molecule has 108 valence electrons. The van der Waals surface area contributed by atoms with Gasteiger partial charge in [-0.15, -0.1) is 0 Å². The van der Waals surface area contributed by atoms with Crippen LogP contribution in [0.25, 0.3) is 0 Å². The highest BCUT2D eigenvalue weighted by Gasteiger charge is 2.32. The van der Waals surface area contributed by atoms with E-state index >= 15 is 0 Å². The number of benzene rings is 2. The van der Waals surface area contributed by atoms with Crippen LogP contribution in [0.3, 0.4) is 0 Å². The van der Waals surface area contributed by atoms with Crippen molar-refractivity contribution in [1.29, 1.82) is 0 Å². The minimum absolute atomic E-state index is 0.129. The fourth-order valence-corrected chi connectivity index (χ4v) is 2.72. The maximum absolute atomic E-state index is 11.2. The van der Waals surface area contributed by atoms with Gasteiger partial charge in [-0.1, -0.05) is 41.9 Å². The van der Waals surface area contributed by atoms with E-state index in [0.717, 1.165) is 5.69 Å². The number of halogens is 1. The number of carboxylic acid groups (broad SMARTS) is 1. The predicted molar refractivity (Wildman–Crippen MR) is 83.9 cm³/mol. The number of anilines is 1. The molecule has 1 unspecified atom stereocenters. The Bertz CT molecular complexity index is 653. The van der Waals surface area contributed by atoms with Crippen LogP contribution in [0.5, 0.6) is 0 Å². The van der Waals surface area contributed by atoms with Gasteiger partial charge in [-0.2, -0.15) is 0 Å². The molecular formula is C17H16ClNO2. The lowest BCUT2D eigenvalue weighted by molar-refractivity contribution is 0.0697. The van der Waals surface area contributed by atoms with Crippen molar-refractivity contribution in [2.24, 2.45) is 5.92 Å². The van der Waals surface area contributed by atoms with Crippen LogP contribution < -0.4 is 5.32 Å². The highest BCUT2D eigenvalue weighted by molar-refractivity contribution is 6.33. The topological polar surface area (TPSA) is 49.3 Å². The molecule has 0 amide bonds. The van der Waals surface area contributed by atoms with Gasteiger partial charge in [0, 0.05) is 5.69 Å². The summed E-state index contributed by atoms with van der Waals surface area (Å²) in [4.78, 5) is 11.2. The quantitative estimate of drug-likeness (QED) is 0.848. The summed E-state index contributed by atoms with van der Waals surface area (Å²) in [5.74, 6) is -0.400. The van der Waals surface area contributed by atoms with Crippen LogP contribution in [-0.4, -0.2) is 11.1 Å². The van der Waals surface area contributed by atoms with Crippen LogP contribution >= 0.6 is 11.6 Å². The molecule has 4 heteroatoms. The largest absolute Gasteiger partial charge is 0.478 e. The lowest BCUT2D eigenvalue weighted by Gasteiger charge is -2.20. The Kier molecular flexibility index (Phi) is 3.84. The molecule has 1 saturated carbocycles. The van der Waals surface area contributed by atoms with E-state index in [-0.39, 0.29) is 16.6 Å². The van der Waals surface area contributed by atoms with Crippen LogP contribution in [0.4, 0.5) is 5.69 Å². The Balaban J connectivity index is 1.87. The summed E-state index contributed by atoms with van der Waals surface area (Å²) in [7, 11) is 0. The van der Waals surface area contributed by atoms with E-state index in [1.54, 1.807) is 12.1 Å². The highest BCUT2D eigenvalue weighted by Crippen LogP contribution is 2.43. The first-order chi connectivity index (χ1) is 10.1. The summed E-state index contributed by atoms with van der Waals surface area (Å²) in [6.45, 7) is 0. The highest BCUT2D eigenvalue weighted by atomic mass is 35.5. The minimum atomic E-state index is -1.01. The van der Waals surface area contributed by atoms with Crippen molar-refractivity contribution in [1.82, 2.24) is 0 Å². The number of nitrogens with one attached hydrogen (secondary N) is 1. The standard InChI is InChI=1S/C17H16ClNO2/c18-15-9-8-13(10-14(15)17(20)21)19-16(12-6-7-12)11-4-2-1-3-5-11/h1-5,8-10,12,16,19H,6-7H2,(H,20,21). The maximum atomic E-state index is 11.2. The zero-order valence-corrected chi connectivity index (χ0v) is 12.2. The van der Waals surface area contributed by atoms with E-state index in [1.165, 1.54) is 18.4 Å². The molecule has 3 nitrogen and oxygen atoms in total. The third kappa shape index (κ3) is 3.19. The predicted octanol–water partition coefficient (Wildman–Crippen LogP) is 4.60. The van der Waals surface area contributed by atoms with Gasteiger partial charge in [0.25, 0.3) is 0 Å². The average Bonchev–Trinajstić information content (AvgIpc) is 3.31. The van der Waals surface area contributed by atoms with Crippen LogP contribution in [0.2, 0.25) is 5.02 Å². The molecule has 1 fully saturated rings. The summed E-state index contributed by atoms with van der Waals surface area (Å²) in [6.07, 6.45) is 2.40. The van der Waals surface area contributed by atoms with E-state index in [4.69, 9.17) is 16.7 Å². The lowest BCUT2D eigenvalue weighted by atomic mass is 10.0. The Morgan fingerprint density at radius 2 is 1.90 bits per heavy atom. The van der Waals surface area contributed by atoms with Crippen molar-refractivity contribution in [2.45, 2.75) is 18.9 Å². The number of hydrogen-bond donors (Lipinski definition) is 2. The first-order valence-corrected chi connectivity index (χ1v) is 7.37. The maximum Gasteiger partial charge on any atom is 0.337 e. The fourth-order valence-electron chi connectivity index (χ4n) is 2.52. The van der Waals surface area contributed by atoms with Crippen LogP contribution in [0, 0.1) is 5.92 Å². The monoisotopic (exact) mass is 301 g/mol. The van der Waals surface area contributed by atoms with Gasteiger partial charge in [-0.05, 0) is 42.5 Å². The van der Waals surface area contributed by atoms with Crippen molar-refractivity contribution in [3.05, 3.63) is 64.7 Å². The molecule has 0 aromatic heterocycles. The van der Waals surface area contributed by atoms with Gasteiger partial charge in [-0.25, -0.2) is 4.79 Å². The van der Waals surface area contributed by atoms with Crippen molar-refractivity contribution in [3.8, 4) is 0 Å². The Hall–Kier alpha value is -2.00. The summed E-state index contributed by atoms with van der Waals surface area (Å²) in [6, 6.07) is 15.5. The molecule has 2 aromatic rings. The second-order valence-corrected chi connectivity index (χ2v) is 5.78. The summed E-state index contributed by atoms with van der Waals surface area (Å²) < 4.78 is 0. The molecule has 1 aliphatic rings. The van der Waals surface area contributed by atoms with Crippen molar-refractivity contribution in [2.75, 3.05) is 5.32 Å². The van der Waals surface area contributed by atoms with Gasteiger partial charge in [0.05, 0.1) is 16.6 Å². The fraction of sp³-hybridized carbons (Fsp3) is 0.235. The van der Waals surface area contributed by atoms with Crippen molar-refractivity contribution < 1.29 is 9.90 Å². The normalized spacial score (nSPS) is 15.5. The number of carbonyl (C=O) groups is 1. The third-order valence-electron chi connectivity index (χ3n) is 3.77. The number of hydrogen-bond acceptors (Lipinski definition) is 2. The van der Waals surface area contributed by atoms with Crippen LogP contribution in [0.1, 0.15) is 34.8 Å². The zero-order valence-electron chi connectivity index (χ0n) is 11.4. The van der Waals surface area contributed by atoms with E-state index in [9.17, 15) is 4.79 Å². The van der Waals surface area contributed by atoms with Crippen molar-refractivity contribution in [3.63, 3.8) is 0 Å². The first-order valence-electron chi connectivity index (χ1n) is 6.99. The first kappa shape index (κ1) is 14.0. The van der Waals surface area contributed by atoms with Gasteiger partial charge in [0.2, 0.25) is 0 Å². The summed E-state index contributed by atoms with van der Waals surface area (Å²) in [5, 5.41) is 12.9. The molecule has 2 N–H and O–H groups in total. The Morgan fingerprint density at radius 1 is 1.19 bits per heavy atom. The minimum Gasteiger partial charge on any atom is -0.478 e.